The summed E-state index contributed by atoms with van der Waals surface area (Å²) >= 11 is 3.82. The summed E-state index contributed by atoms with van der Waals surface area (Å²) in [5.41, 5.74) is 4.51. The van der Waals surface area contributed by atoms with Gasteiger partial charge in [-0.2, -0.15) is 0 Å². The zero-order valence-corrected chi connectivity index (χ0v) is 44.9. The molecule has 0 heterocycles. The van der Waals surface area contributed by atoms with Crippen molar-refractivity contribution >= 4 is 66.3 Å². The molecule has 370 valence electrons. The quantitative estimate of drug-likeness (QED) is 0.0471. The van der Waals surface area contributed by atoms with E-state index in [1.807, 2.05) is 108 Å². The molecular weight excluding hydrogens is 1050 g/mol. The predicted molar refractivity (Wildman–Crippen MR) is 280 cm³/mol. The van der Waals surface area contributed by atoms with Gasteiger partial charge in [0.1, 0.15) is 22.7 Å². The monoisotopic (exact) mass is 1110 g/mol. The number of fused-ring (bicyclic) bond motifs is 2. The van der Waals surface area contributed by atoms with E-state index in [-0.39, 0.29) is 35.1 Å². The standard InChI is InChI=1S/C30H35NO5S2.C23H28INO5S/c1-30(2,3)36-29(32)20-35-28-14-8-12-25-26(28)11-5-6-13-27(25)31-38(33,34)24-17-15-21(16-18-24)22-9-7-10-23(19-22)37-4;1-23(2,3)30-22(26)15-29-21-10-6-8-18-19(21)7-4-5-9-20(18)25-31(27,28)17-13-11-16(24)12-14-17/h7-10,12,14-19,27,31H,5-6,11,13,20H2,1-4H3;6,8,10-14,20,25H,4-5,7,9,15H2,1-3H3. The number of benzene rings is 5. The number of sulfonamides is 2. The number of carbonyl (C=O) groups is 2. The van der Waals surface area contributed by atoms with Gasteiger partial charge in [0.25, 0.3) is 0 Å². The van der Waals surface area contributed by atoms with Gasteiger partial charge in [0.15, 0.2) is 13.2 Å². The fraction of sp³-hybridized carbons (Fsp3) is 0.396. The Morgan fingerprint density at radius 1 is 0.594 bits per heavy atom. The van der Waals surface area contributed by atoms with Crippen LogP contribution in [0.25, 0.3) is 11.1 Å². The van der Waals surface area contributed by atoms with Crippen molar-refractivity contribution in [2.75, 3.05) is 19.5 Å². The molecule has 12 nitrogen and oxygen atoms in total. The molecule has 0 spiro atoms. The zero-order valence-electron chi connectivity index (χ0n) is 40.3. The van der Waals surface area contributed by atoms with Crippen LogP contribution in [0.4, 0.5) is 0 Å². The van der Waals surface area contributed by atoms with E-state index >= 15 is 0 Å². The van der Waals surface area contributed by atoms with Gasteiger partial charge in [-0.3, -0.25) is 0 Å². The Hall–Kier alpha value is -4.46. The average molecular weight is 1110 g/mol. The van der Waals surface area contributed by atoms with Crippen molar-refractivity contribution in [3.63, 3.8) is 0 Å². The summed E-state index contributed by atoms with van der Waals surface area (Å²) in [6, 6.07) is 32.4. The van der Waals surface area contributed by atoms with Gasteiger partial charge >= 0.3 is 11.9 Å². The minimum atomic E-state index is -3.76. The minimum Gasteiger partial charge on any atom is -0.482 e. The van der Waals surface area contributed by atoms with Crippen LogP contribution in [0.3, 0.4) is 0 Å². The third-order valence-corrected chi connectivity index (χ3v) is 15.7. The van der Waals surface area contributed by atoms with Crippen molar-refractivity contribution in [3.8, 4) is 22.6 Å². The number of hydrogen-bond donors (Lipinski definition) is 2. The van der Waals surface area contributed by atoms with Crippen molar-refractivity contribution in [2.24, 2.45) is 0 Å². The summed E-state index contributed by atoms with van der Waals surface area (Å²) in [5.74, 6) is 0.319. The average Bonchev–Trinajstić information content (AvgIpc) is 3.63. The number of nitrogens with one attached hydrogen (secondary N) is 2. The van der Waals surface area contributed by atoms with Crippen LogP contribution in [-0.4, -0.2) is 59.4 Å². The van der Waals surface area contributed by atoms with Crippen molar-refractivity contribution in [1.82, 2.24) is 9.44 Å². The number of thioether (sulfide) groups is 1. The van der Waals surface area contributed by atoms with Gasteiger partial charge < -0.3 is 18.9 Å². The summed E-state index contributed by atoms with van der Waals surface area (Å²) < 4.78 is 81.8. The molecule has 0 radical (unpaired) electrons. The Morgan fingerprint density at radius 2 is 1.03 bits per heavy atom. The van der Waals surface area contributed by atoms with Crippen molar-refractivity contribution in [2.45, 2.75) is 131 Å². The van der Waals surface area contributed by atoms with Crippen LogP contribution in [0.5, 0.6) is 11.5 Å². The Balaban J connectivity index is 0.000000232. The van der Waals surface area contributed by atoms with Gasteiger partial charge in [0, 0.05) is 20.5 Å². The van der Waals surface area contributed by atoms with Crippen LogP contribution in [0.1, 0.15) is 114 Å². The Labute approximate surface area is 426 Å². The Morgan fingerprint density at radius 3 is 1.46 bits per heavy atom. The topological polar surface area (TPSA) is 163 Å². The molecule has 0 saturated heterocycles. The van der Waals surface area contributed by atoms with E-state index in [2.05, 4.69) is 44.2 Å². The summed E-state index contributed by atoms with van der Waals surface area (Å²) in [7, 11) is -7.42. The summed E-state index contributed by atoms with van der Waals surface area (Å²) in [6.45, 7) is 10.5. The van der Waals surface area contributed by atoms with E-state index in [1.165, 1.54) is 0 Å². The van der Waals surface area contributed by atoms with E-state index in [1.54, 1.807) is 48.2 Å². The SMILES string of the molecule is CC(C)(C)OC(=O)COc1cccc2c1CCCCC2NS(=O)(=O)c1ccc(I)cc1.CSc1cccc(-c2ccc(S(=O)(=O)NC3CCCCc4c(OCC(=O)OC(C)(C)C)cccc43)cc2)c1. The van der Waals surface area contributed by atoms with E-state index in [4.69, 9.17) is 18.9 Å². The third kappa shape index (κ3) is 15.8. The highest BCUT2D eigenvalue weighted by Gasteiger charge is 2.29. The normalized spacial score (nSPS) is 16.3. The highest BCUT2D eigenvalue weighted by Crippen LogP contribution is 2.37. The molecule has 0 bridgehead atoms. The van der Waals surface area contributed by atoms with E-state index in [0.29, 0.717) is 24.3 Å². The van der Waals surface area contributed by atoms with Crippen LogP contribution >= 0.6 is 34.4 Å². The van der Waals surface area contributed by atoms with Gasteiger partial charge in [-0.15, -0.1) is 11.8 Å². The summed E-state index contributed by atoms with van der Waals surface area (Å²) in [4.78, 5) is 25.9. The van der Waals surface area contributed by atoms with Gasteiger partial charge in [-0.05, 0) is 203 Å². The van der Waals surface area contributed by atoms with Crippen LogP contribution in [0, 0.1) is 3.57 Å². The maximum absolute atomic E-state index is 13.4. The second-order valence-corrected chi connectivity index (χ2v) is 24.5. The molecule has 2 atom stereocenters. The van der Waals surface area contributed by atoms with E-state index in [9.17, 15) is 26.4 Å². The highest BCUT2D eigenvalue weighted by atomic mass is 127. The van der Waals surface area contributed by atoms with Crippen LogP contribution < -0.4 is 18.9 Å². The van der Waals surface area contributed by atoms with E-state index in [0.717, 1.165) is 80.4 Å². The largest absolute Gasteiger partial charge is 0.482 e. The van der Waals surface area contributed by atoms with E-state index < -0.39 is 43.2 Å². The molecule has 2 aliphatic carbocycles. The molecule has 2 aliphatic rings. The molecule has 16 heteroatoms. The lowest BCUT2D eigenvalue weighted by molar-refractivity contribution is -0.158. The first-order chi connectivity index (χ1) is 32.6. The lowest BCUT2D eigenvalue weighted by Gasteiger charge is -2.22. The zero-order chi connectivity index (χ0) is 50.0. The molecule has 2 N–H and O–H groups in total. The highest BCUT2D eigenvalue weighted by molar-refractivity contribution is 14.1. The van der Waals surface area contributed by atoms with Gasteiger partial charge in [-0.25, -0.2) is 35.9 Å². The molecule has 7 rings (SSSR count). The lowest BCUT2D eigenvalue weighted by Crippen LogP contribution is -2.29. The second kappa shape index (κ2) is 23.6. The fourth-order valence-corrected chi connectivity index (χ4v) is 11.6. The molecule has 0 aromatic heterocycles. The second-order valence-electron chi connectivity index (χ2n) is 18.9. The first-order valence-corrected chi connectivity index (χ1v) is 28.4. The lowest BCUT2D eigenvalue weighted by atomic mass is 9.99. The third-order valence-electron chi connectivity index (χ3n) is 11.2. The summed E-state index contributed by atoms with van der Waals surface area (Å²) in [5, 5.41) is 0. The van der Waals surface area contributed by atoms with Crippen LogP contribution in [-0.2, 0) is 52.0 Å². The van der Waals surface area contributed by atoms with Crippen LogP contribution in [0.15, 0.2) is 124 Å². The molecule has 0 aliphatic heterocycles. The maximum Gasteiger partial charge on any atom is 0.344 e. The molecule has 0 fully saturated rings. The Kier molecular flexibility index (Phi) is 18.5. The first kappa shape index (κ1) is 53.9. The summed E-state index contributed by atoms with van der Waals surface area (Å²) in [6.07, 6.45) is 8.51. The molecule has 5 aromatic rings. The molecule has 0 amide bonds. The molecule has 0 saturated carbocycles. The first-order valence-electron chi connectivity index (χ1n) is 23.1. The molecule has 5 aromatic carbocycles. The number of rotatable bonds is 14. The smallest absolute Gasteiger partial charge is 0.344 e. The molecule has 69 heavy (non-hydrogen) atoms. The minimum absolute atomic E-state index is 0.188. The van der Waals surface area contributed by atoms with Gasteiger partial charge in [0.05, 0.1) is 9.79 Å². The number of esters is 2. The fourth-order valence-electron chi connectivity index (χ4n) is 8.25. The Bertz CT molecular complexity index is 2790. The number of halogens is 1. The van der Waals surface area contributed by atoms with Crippen molar-refractivity contribution in [3.05, 3.63) is 135 Å². The van der Waals surface area contributed by atoms with Crippen molar-refractivity contribution < 1.29 is 45.4 Å². The van der Waals surface area contributed by atoms with Crippen LogP contribution in [0.2, 0.25) is 0 Å². The van der Waals surface area contributed by atoms with Gasteiger partial charge in [-0.1, -0.05) is 61.4 Å². The predicted octanol–water partition coefficient (Wildman–Crippen LogP) is 11.3. The maximum atomic E-state index is 13.4. The van der Waals surface area contributed by atoms with Crippen molar-refractivity contribution in [1.29, 1.82) is 0 Å². The van der Waals surface area contributed by atoms with Gasteiger partial charge in [0.2, 0.25) is 20.0 Å². The number of hydrogen-bond acceptors (Lipinski definition) is 11. The number of ether oxygens (including phenoxy) is 4. The molecular formula is C53H63IN2O10S3. The number of carbonyl (C=O) groups excluding carboxylic acids is 2. The molecule has 2 unspecified atom stereocenters.